The van der Waals surface area contributed by atoms with E-state index in [2.05, 4.69) is 20.4 Å². The van der Waals surface area contributed by atoms with Gasteiger partial charge in [-0.1, -0.05) is 12.1 Å². The summed E-state index contributed by atoms with van der Waals surface area (Å²) in [4.78, 5) is 34.1. The summed E-state index contributed by atoms with van der Waals surface area (Å²) >= 11 is 0. The molecule has 8 nitrogen and oxygen atoms in total. The number of nitrogens with one attached hydrogen (secondary N) is 1. The van der Waals surface area contributed by atoms with Gasteiger partial charge in [0.1, 0.15) is 11.4 Å². The summed E-state index contributed by atoms with van der Waals surface area (Å²) < 4.78 is 3.16. The maximum absolute atomic E-state index is 13.0. The highest BCUT2D eigenvalue weighted by Gasteiger charge is 2.18. The number of carbonyl (C=O) groups is 1. The van der Waals surface area contributed by atoms with E-state index < -0.39 is 5.91 Å². The number of carbonyl (C=O) groups excluding carboxylic acids is 1. The maximum Gasteiger partial charge on any atom is 0.263 e. The molecule has 0 radical (unpaired) electrons. The first-order chi connectivity index (χ1) is 14.6. The summed E-state index contributed by atoms with van der Waals surface area (Å²) in [5.41, 5.74) is 2.19. The second-order valence-corrected chi connectivity index (χ2v) is 6.86. The van der Waals surface area contributed by atoms with E-state index in [-0.39, 0.29) is 11.1 Å². The molecule has 4 aromatic heterocycles. The Morgan fingerprint density at radius 1 is 0.967 bits per heavy atom. The van der Waals surface area contributed by atoms with Crippen molar-refractivity contribution in [3.63, 3.8) is 0 Å². The average Bonchev–Trinajstić information content (AvgIpc) is 3.18. The molecular weight excluding hydrogens is 380 g/mol. The quantitative estimate of drug-likeness (QED) is 0.537. The lowest BCUT2D eigenvalue weighted by atomic mass is 10.1. The fourth-order valence-corrected chi connectivity index (χ4v) is 3.16. The summed E-state index contributed by atoms with van der Waals surface area (Å²) in [5.74, 6) is 0.0382. The first kappa shape index (κ1) is 19.3. The molecule has 0 atom stereocenters. The summed E-state index contributed by atoms with van der Waals surface area (Å²) in [6.07, 6.45) is 10.1. The normalized spacial score (nSPS) is 10.7. The number of nitrogens with zero attached hydrogens (tertiary/aromatic N) is 5. The van der Waals surface area contributed by atoms with Gasteiger partial charge in [-0.3, -0.25) is 19.6 Å². The summed E-state index contributed by atoms with van der Waals surface area (Å²) in [5, 5.41) is 7.08. The Bertz CT molecular complexity index is 1220. The van der Waals surface area contributed by atoms with Crippen molar-refractivity contribution in [2.75, 3.05) is 5.32 Å². The van der Waals surface area contributed by atoms with Gasteiger partial charge in [-0.05, 0) is 41.8 Å². The van der Waals surface area contributed by atoms with Crippen molar-refractivity contribution in [3.8, 4) is 0 Å². The van der Waals surface area contributed by atoms with Crippen LogP contribution < -0.4 is 10.9 Å². The van der Waals surface area contributed by atoms with Gasteiger partial charge in [0.05, 0.1) is 19.3 Å². The fraction of sp³-hybridized carbons (Fsp3) is 0.136. The van der Waals surface area contributed by atoms with E-state index >= 15 is 0 Å². The van der Waals surface area contributed by atoms with Crippen LogP contribution in [0, 0.1) is 6.92 Å². The van der Waals surface area contributed by atoms with Crippen LogP contribution in [-0.4, -0.2) is 30.2 Å². The third kappa shape index (κ3) is 4.17. The van der Waals surface area contributed by atoms with E-state index in [0.717, 1.165) is 11.1 Å². The number of rotatable bonds is 6. The van der Waals surface area contributed by atoms with Gasteiger partial charge in [0.2, 0.25) is 0 Å². The first-order valence-electron chi connectivity index (χ1n) is 9.43. The summed E-state index contributed by atoms with van der Waals surface area (Å²) in [6.45, 7) is 2.54. The van der Waals surface area contributed by atoms with E-state index in [1.54, 1.807) is 60.9 Å². The molecule has 30 heavy (non-hydrogen) atoms. The molecule has 1 amide bonds. The molecule has 0 aliphatic carbocycles. The minimum Gasteiger partial charge on any atom is -0.310 e. The summed E-state index contributed by atoms with van der Waals surface area (Å²) in [7, 11) is 0. The molecule has 0 aliphatic rings. The zero-order valence-electron chi connectivity index (χ0n) is 16.4. The van der Waals surface area contributed by atoms with Gasteiger partial charge in [0.15, 0.2) is 0 Å². The van der Waals surface area contributed by atoms with E-state index in [1.165, 1.54) is 4.57 Å². The lowest BCUT2D eigenvalue weighted by Gasteiger charge is -2.12. The molecule has 4 rings (SSSR count). The van der Waals surface area contributed by atoms with Crippen LogP contribution in [-0.2, 0) is 13.1 Å². The minimum atomic E-state index is -0.467. The number of hydrogen-bond donors (Lipinski definition) is 1. The van der Waals surface area contributed by atoms with Gasteiger partial charge in [0.25, 0.3) is 11.5 Å². The molecule has 0 fully saturated rings. The number of anilines is 1. The largest absolute Gasteiger partial charge is 0.310 e. The van der Waals surface area contributed by atoms with Gasteiger partial charge in [-0.15, -0.1) is 0 Å². The molecule has 0 aliphatic heterocycles. The van der Waals surface area contributed by atoms with Crippen molar-refractivity contribution in [1.29, 1.82) is 0 Å². The average molecular weight is 400 g/mol. The van der Waals surface area contributed by atoms with Crippen molar-refractivity contribution in [3.05, 3.63) is 106 Å². The Hall–Kier alpha value is -4.07. The predicted molar refractivity (Wildman–Crippen MR) is 112 cm³/mol. The molecule has 0 bridgehead atoms. The molecule has 0 saturated carbocycles. The van der Waals surface area contributed by atoms with Gasteiger partial charge in [-0.25, -0.2) is 4.68 Å². The van der Waals surface area contributed by atoms with Crippen LogP contribution in [0.3, 0.4) is 0 Å². The Kier molecular flexibility index (Phi) is 5.47. The Morgan fingerprint density at radius 2 is 1.67 bits per heavy atom. The fourth-order valence-electron chi connectivity index (χ4n) is 3.16. The van der Waals surface area contributed by atoms with Gasteiger partial charge in [-0.2, -0.15) is 5.10 Å². The van der Waals surface area contributed by atoms with E-state index in [1.807, 2.05) is 24.3 Å². The topological polar surface area (TPSA) is 94.7 Å². The van der Waals surface area contributed by atoms with E-state index in [4.69, 9.17) is 0 Å². The molecule has 4 aromatic rings. The van der Waals surface area contributed by atoms with Crippen molar-refractivity contribution >= 4 is 11.7 Å². The highest BCUT2D eigenvalue weighted by Crippen LogP contribution is 2.12. The summed E-state index contributed by atoms with van der Waals surface area (Å²) in [6, 6.07) is 10.9. The molecule has 1 N–H and O–H groups in total. The third-order valence-electron chi connectivity index (χ3n) is 4.69. The van der Waals surface area contributed by atoms with Crippen molar-refractivity contribution in [2.45, 2.75) is 20.0 Å². The van der Waals surface area contributed by atoms with Crippen LogP contribution in [0.5, 0.6) is 0 Å². The van der Waals surface area contributed by atoms with E-state index in [0.29, 0.717) is 24.5 Å². The number of pyridine rings is 3. The number of hydrogen-bond acceptors (Lipinski definition) is 5. The lowest BCUT2D eigenvalue weighted by Crippen LogP contribution is -2.31. The van der Waals surface area contributed by atoms with Crippen molar-refractivity contribution < 1.29 is 4.79 Å². The molecule has 0 spiro atoms. The lowest BCUT2D eigenvalue weighted by molar-refractivity contribution is 0.102. The van der Waals surface area contributed by atoms with E-state index in [9.17, 15) is 9.59 Å². The zero-order chi connectivity index (χ0) is 20.9. The first-order valence-corrected chi connectivity index (χ1v) is 9.43. The molecule has 0 unspecified atom stereocenters. The Balaban J connectivity index is 1.58. The minimum absolute atomic E-state index is 0.107. The molecule has 4 heterocycles. The SMILES string of the molecule is Cc1ccn(Cc2cccnc2)c(=O)c1C(=O)Nc1ccnn1Cc1cccnc1. The van der Waals surface area contributed by atoms with Crippen LogP contribution in [0.15, 0.2) is 78.4 Å². The molecule has 150 valence electrons. The van der Waals surface area contributed by atoms with Crippen molar-refractivity contribution in [1.82, 2.24) is 24.3 Å². The van der Waals surface area contributed by atoms with Crippen LogP contribution in [0.1, 0.15) is 27.0 Å². The maximum atomic E-state index is 13.0. The van der Waals surface area contributed by atoms with Gasteiger partial charge in [0, 0.05) is 37.1 Å². The third-order valence-corrected chi connectivity index (χ3v) is 4.69. The number of amides is 1. The Morgan fingerprint density at radius 3 is 2.33 bits per heavy atom. The van der Waals surface area contributed by atoms with Crippen LogP contribution in [0.4, 0.5) is 5.82 Å². The second kappa shape index (κ2) is 8.52. The molecular formula is C22H20N6O2. The highest BCUT2D eigenvalue weighted by molar-refractivity contribution is 6.04. The van der Waals surface area contributed by atoms with Gasteiger partial charge >= 0.3 is 0 Å². The standard InChI is InChI=1S/C22H20N6O2/c1-16-7-11-27(14-17-4-2-8-23-12-17)22(30)20(16)21(29)26-19-6-10-25-28(19)15-18-5-3-9-24-13-18/h2-13H,14-15H2,1H3,(H,26,29). The molecule has 8 heteroatoms. The Labute approximate surface area is 172 Å². The van der Waals surface area contributed by atoms with Gasteiger partial charge < -0.3 is 9.88 Å². The van der Waals surface area contributed by atoms with Crippen LogP contribution in [0.25, 0.3) is 0 Å². The van der Waals surface area contributed by atoms with Crippen molar-refractivity contribution in [2.24, 2.45) is 0 Å². The number of aromatic nitrogens is 5. The van der Waals surface area contributed by atoms with Crippen LogP contribution >= 0.6 is 0 Å². The second-order valence-electron chi connectivity index (χ2n) is 6.86. The zero-order valence-corrected chi connectivity index (χ0v) is 16.4. The number of aryl methyl sites for hydroxylation is 1. The highest BCUT2D eigenvalue weighted by atomic mass is 16.2. The molecule has 0 saturated heterocycles. The monoisotopic (exact) mass is 400 g/mol. The molecule has 0 aromatic carbocycles. The van der Waals surface area contributed by atoms with Crippen LogP contribution in [0.2, 0.25) is 0 Å². The predicted octanol–water partition coefficient (Wildman–Crippen LogP) is 2.49. The smallest absolute Gasteiger partial charge is 0.263 e.